The van der Waals surface area contributed by atoms with Crippen molar-refractivity contribution in [2.75, 3.05) is 25.4 Å². The van der Waals surface area contributed by atoms with Crippen molar-refractivity contribution in [3.05, 3.63) is 54.4 Å². The molecule has 1 fully saturated rings. The second-order valence-corrected chi connectivity index (χ2v) is 7.97. The largest absolute Gasteiger partial charge is 0.375 e. The van der Waals surface area contributed by atoms with E-state index >= 15 is 0 Å². The molecule has 0 bridgehead atoms. The molecule has 1 aliphatic rings. The molecule has 29 heavy (non-hydrogen) atoms. The summed E-state index contributed by atoms with van der Waals surface area (Å²) >= 11 is 1.41. The molecule has 3 aromatic rings. The molecule has 0 saturated carbocycles. The van der Waals surface area contributed by atoms with Crippen LogP contribution < -0.4 is 0 Å². The molecule has 3 heterocycles. The minimum Gasteiger partial charge on any atom is -0.375 e. The van der Waals surface area contributed by atoms with Gasteiger partial charge in [-0.1, -0.05) is 29.5 Å². The number of hydrogen-bond acceptors (Lipinski definition) is 6. The Bertz CT molecular complexity index is 974. The second-order valence-electron chi connectivity index (χ2n) is 7.02. The fourth-order valence-electron chi connectivity index (χ4n) is 3.24. The fraction of sp³-hybridized carbons (Fsp3) is 0.333. The summed E-state index contributed by atoms with van der Waals surface area (Å²) in [6, 6.07) is 12.0. The van der Waals surface area contributed by atoms with Crippen molar-refractivity contribution in [2.24, 2.45) is 0 Å². The van der Waals surface area contributed by atoms with Crippen LogP contribution in [0.5, 0.6) is 0 Å². The first-order valence-electron chi connectivity index (χ1n) is 9.57. The van der Waals surface area contributed by atoms with Crippen molar-refractivity contribution in [3.8, 4) is 17.1 Å². The normalized spacial score (nSPS) is 16.8. The Morgan fingerprint density at radius 1 is 1.17 bits per heavy atom. The van der Waals surface area contributed by atoms with Crippen molar-refractivity contribution in [2.45, 2.75) is 25.1 Å². The maximum Gasteiger partial charge on any atom is 0.233 e. The van der Waals surface area contributed by atoms with Gasteiger partial charge in [-0.15, -0.1) is 10.2 Å². The molecule has 1 amide bonds. The highest BCUT2D eigenvalue weighted by Gasteiger charge is 2.23. The van der Waals surface area contributed by atoms with Crippen LogP contribution in [0.2, 0.25) is 0 Å². The third-order valence-corrected chi connectivity index (χ3v) is 5.70. The highest BCUT2D eigenvalue weighted by atomic mass is 32.2. The first-order chi connectivity index (χ1) is 14.1. The molecule has 1 atom stereocenters. The Morgan fingerprint density at radius 3 is 2.66 bits per heavy atom. The molecule has 2 aromatic heterocycles. The van der Waals surface area contributed by atoms with Crippen molar-refractivity contribution in [3.63, 3.8) is 0 Å². The van der Waals surface area contributed by atoms with Crippen molar-refractivity contribution in [1.82, 2.24) is 24.6 Å². The lowest BCUT2D eigenvalue weighted by Crippen LogP contribution is -2.45. The number of carbonyl (C=O) groups excluding carboxylic acids is 1. The topological polar surface area (TPSA) is 73.1 Å². The molecule has 0 aliphatic carbocycles. The number of aromatic nitrogens is 4. The van der Waals surface area contributed by atoms with E-state index in [-0.39, 0.29) is 12.0 Å². The quantitative estimate of drug-likeness (QED) is 0.603. The molecule has 0 N–H and O–H groups in total. The average Bonchev–Trinajstić information content (AvgIpc) is 3.17. The summed E-state index contributed by atoms with van der Waals surface area (Å²) in [4.78, 5) is 18.6. The molecule has 8 heteroatoms. The summed E-state index contributed by atoms with van der Waals surface area (Å²) in [5.41, 5.74) is 3.06. The minimum absolute atomic E-state index is 0.0761. The number of hydrogen-bond donors (Lipinski definition) is 0. The number of aryl methyl sites for hydroxylation is 1. The maximum atomic E-state index is 12.7. The molecular weight excluding hydrogens is 386 g/mol. The molecule has 7 nitrogen and oxygen atoms in total. The number of thioether (sulfide) groups is 1. The Labute approximate surface area is 174 Å². The van der Waals surface area contributed by atoms with Gasteiger partial charge in [0.15, 0.2) is 11.0 Å². The van der Waals surface area contributed by atoms with E-state index in [1.54, 1.807) is 12.4 Å². The fourth-order valence-corrected chi connectivity index (χ4v) is 4.10. The van der Waals surface area contributed by atoms with Gasteiger partial charge in [0.05, 0.1) is 18.5 Å². The van der Waals surface area contributed by atoms with Gasteiger partial charge in [0, 0.05) is 36.7 Å². The summed E-state index contributed by atoms with van der Waals surface area (Å²) in [6.45, 7) is 5.89. The number of pyridine rings is 1. The molecular formula is C21H23N5O2S. The first-order valence-corrected chi connectivity index (χ1v) is 10.6. The lowest BCUT2D eigenvalue weighted by atomic mass is 10.2. The number of morpholine rings is 1. The zero-order valence-electron chi connectivity index (χ0n) is 16.5. The van der Waals surface area contributed by atoms with Gasteiger partial charge in [-0.25, -0.2) is 0 Å². The first kappa shape index (κ1) is 19.6. The van der Waals surface area contributed by atoms with E-state index in [1.165, 1.54) is 17.3 Å². The molecule has 1 aromatic carbocycles. The van der Waals surface area contributed by atoms with Gasteiger partial charge in [0.25, 0.3) is 0 Å². The van der Waals surface area contributed by atoms with Crippen LogP contribution in [0.3, 0.4) is 0 Å². The molecule has 1 aliphatic heterocycles. The lowest BCUT2D eigenvalue weighted by molar-refractivity contribution is -0.135. The van der Waals surface area contributed by atoms with Gasteiger partial charge in [-0.3, -0.25) is 14.3 Å². The van der Waals surface area contributed by atoms with Crippen LogP contribution in [0, 0.1) is 6.92 Å². The summed E-state index contributed by atoms with van der Waals surface area (Å²) < 4.78 is 7.52. The molecule has 0 radical (unpaired) electrons. The van der Waals surface area contributed by atoms with Crippen molar-refractivity contribution < 1.29 is 9.53 Å². The molecule has 4 rings (SSSR count). The highest BCUT2D eigenvalue weighted by Crippen LogP contribution is 2.28. The van der Waals surface area contributed by atoms with Gasteiger partial charge in [0.2, 0.25) is 5.91 Å². The number of rotatable bonds is 5. The van der Waals surface area contributed by atoms with E-state index in [9.17, 15) is 4.79 Å². The number of amides is 1. The minimum atomic E-state index is 0.0761. The highest BCUT2D eigenvalue weighted by molar-refractivity contribution is 7.99. The summed E-state index contributed by atoms with van der Waals surface area (Å²) in [7, 11) is 0. The second kappa shape index (κ2) is 8.75. The van der Waals surface area contributed by atoms with Gasteiger partial charge in [-0.05, 0) is 38.1 Å². The molecule has 1 saturated heterocycles. The van der Waals surface area contributed by atoms with E-state index in [1.807, 2.05) is 40.7 Å². The molecule has 1 unspecified atom stereocenters. The van der Waals surface area contributed by atoms with Gasteiger partial charge in [0.1, 0.15) is 0 Å². The lowest BCUT2D eigenvalue weighted by Gasteiger charge is -2.31. The predicted octanol–water partition coefficient (Wildman–Crippen LogP) is 2.98. The van der Waals surface area contributed by atoms with Crippen LogP contribution in [0.25, 0.3) is 17.1 Å². The van der Waals surface area contributed by atoms with E-state index in [0.29, 0.717) is 30.6 Å². The molecule has 150 valence electrons. The Kier molecular flexibility index (Phi) is 5.92. The third-order valence-electron chi connectivity index (χ3n) is 4.78. The van der Waals surface area contributed by atoms with E-state index in [0.717, 1.165) is 17.1 Å². The molecule has 0 spiro atoms. The average molecular weight is 410 g/mol. The van der Waals surface area contributed by atoms with Crippen LogP contribution >= 0.6 is 11.8 Å². The zero-order valence-corrected chi connectivity index (χ0v) is 17.3. The van der Waals surface area contributed by atoms with Gasteiger partial charge < -0.3 is 9.64 Å². The number of ether oxygens (including phenoxy) is 1. The Balaban J connectivity index is 1.60. The van der Waals surface area contributed by atoms with Gasteiger partial charge >= 0.3 is 0 Å². The summed E-state index contributed by atoms with van der Waals surface area (Å²) in [5, 5.41) is 9.48. The number of carbonyl (C=O) groups is 1. The Morgan fingerprint density at radius 2 is 1.93 bits per heavy atom. The zero-order chi connectivity index (χ0) is 20.2. The van der Waals surface area contributed by atoms with Crippen LogP contribution in [-0.4, -0.2) is 62.1 Å². The predicted molar refractivity (Wildman–Crippen MR) is 112 cm³/mol. The van der Waals surface area contributed by atoms with Crippen molar-refractivity contribution >= 4 is 17.7 Å². The standard InChI is InChI=1S/C21H23N5O2S/c1-15-3-5-18(6-4-15)26-20(17-7-9-22-10-8-17)23-24-21(26)29-14-19(27)25-11-12-28-16(2)13-25/h3-10,16H,11-14H2,1-2H3. The van der Waals surface area contributed by atoms with Crippen LogP contribution in [-0.2, 0) is 9.53 Å². The van der Waals surface area contributed by atoms with Crippen molar-refractivity contribution in [1.29, 1.82) is 0 Å². The Hall–Kier alpha value is -2.71. The smallest absolute Gasteiger partial charge is 0.233 e. The van der Waals surface area contributed by atoms with Crippen LogP contribution in [0.15, 0.2) is 53.9 Å². The monoisotopic (exact) mass is 409 g/mol. The van der Waals surface area contributed by atoms with Gasteiger partial charge in [-0.2, -0.15) is 0 Å². The SMILES string of the molecule is Cc1ccc(-n2c(SCC(=O)N3CCOC(C)C3)nnc2-c2ccncc2)cc1. The maximum absolute atomic E-state index is 12.7. The van der Waals surface area contributed by atoms with E-state index in [2.05, 4.69) is 34.2 Å². The van der Waals surface area contributed by atoms with Crippen LogP contribution in [0.1, 0.15) is 12.5 Å². The van der Waals surface area contributed by atoms with E-state index in [4.69, 9.17) is 4.74 Å². The van der Waals surface area contributed by atoms with Crippen LogP contribution in [0.4, 0.5) is 0 Å². The summed E-state index contributed by atoms with van der Waals surface area (Å²) in [5.74, 6) is 1.13. The van der Waals surface area contributed by atoms with E-state index < -0.39 is 0 Å². The third kappa shape index (κ3) is 4.49. The summed E-state index contributed by atoms with van der Waals surface area (Å²) in [6.07, 6.45) is 3.55. The number of nitrogens with zero attached hydrogens (tertiary/aromatic N) is 5. The number of benzene rings is 1.